The molecular weight excluding hydrogens is 562 g/mol. The average molecular weight is 606 g/mol. The zero-order valence-corrected chi connectivity index (χ0v) is 26.0. The van der Waals surface area contributed by atoms with Gasteiger partial charge in [-0.25, -0.2) is 14.4 Å². The largest absolute Gasteiger partial charge is 0.477 e. The van der Waals surface area contributed by atoms with Crippen LogP contribution in [0.3, 0.4) is 0 Å². The van der Waals surface area contributed by atoms with E-state index in [0.29, 0.717) is 62.6 Å². The van der Waals surface area contributed by atoms with E-state index in [1.165, 1.54) is 0 Å². The average Bonchev–Trinajstić information content (AvgIpc) is 3.00. The minimum Gasteiger partial charge on any atom is -0.477 e. The van der Waals surface area contributed by atoms with E-state index in [0.717, 1.165) is 5.56 Å². The quantitative estimate of drug-likeness (QED) is 0.233. The van der Waals surface area contributed by atoms with Crippen LogP contribution in [-0.2, 0) is 21.5 Å². The number of likely N-dealkylation sites (tertiary alicyclic amines) is 1. The normalized spacial score (nSPS) is 15.4. The highest BCUT2D eigenvalue weighted by Crippen LogP contribution is 2.45. The number of nitrogens with one attached hydrogen (secondary N) is 2. The number of hydrogen-bond donors (Lipinski definition) is 3. The number of para-hydroxylation sites is 1. The Balaban J connectivity index is 1.60. The number of rotatable bonds is 10. The monoisotopic (exact) mass is 605 g/mol. The third kappa shape index (κ3) is 7.59. The van der Waals surface area contributed by atoms with E-state index in [1.54, 1.807) is 29.2 Å². The Morgan fingerprint density at radius 1 is 1.02 bits per heavy atom. The molecule has 10 heteroatoms. The number of carbonyl (C=O) groups is 3. The first-order valence-corrected chi connectivity index (χ1v) is 15.3. The van der Waals surface area contributed by atoms with E-state index in [-0.39, 0.29) is 35.3 Å². The van der Waals surface area contributed by atoms with Crippen LogP contribution in [-0.4, -0.2) is 58.4 Å². The number of aromatic carboxylic acids is 1. The molecule has 0 radical (unpaired) electrons. The Morgan fingerprint density at radius 3 is 2.32 bits per heavy atom. The van der Waals surface area contributed by atoms with Crippen LogP contribution in [0.15, 0.2) is 59.4 Å². The predicted octanol–water partition coefficient (Wildman–Crippen LogP) is 6.23. The van der Waals surface area contributed by atoms with Crippen molar-refractivity contribution < 1.29 is 29.0 Å². The van der Waals surface area contributed by atoms with E-state index in [9.17, 15) is 24.3 Å². The molecule has 3 N–H and O–H groups in total. The van der Waals surface area contributed by atoms with E-state index in [1.807, 2.05) is 58.0 Å². The van der Waals surface area contributed by atoms with Gasteiger partial charge in [0.1, 0.15) is 17.9 Å². The Bertz CT molecular complexity index is 1520. The Kier molecular flexibility index (Phi) is 10.3. The molecule has 1 fully saturated rings. The van der Waals surface area contributed by atoms with Gasteiger partial charge in [-0.05, 0) is 76.5 Å². The van der Waals surface area contributed by atoms with Gasteiger partial charge in [-0.3, -0.25) is 4.79 Å². The molecule has 1 unspecified atom stereocenters. The van der Waals surface area contributed by atoms with Gasteiger partial charge in [0, 0.05) is 41.5 Å². The number of amides is 2. The standard InChI is InChI=1S/C34H43N3O7/c1-5-34(24-16-20-37(21-17-24)32(42)44-33(2,3)4,18-11-19-35-31(41)43-22-23-12-7-6-8-13-23)27-28(30(39)40)36-26-15-10-9-14-25(26)29(27)38/h6-10,12-15,24H,5,11,16-22H2,1-4H3,(H,35,41)(H,36,38)(H,39,40). The summed E-state index contributed by atoms with van der Waals surface area (Å²) in [6, 6.07) is 16.3. The van der Waals surface area contributed by atoms with Gasteiger partial charge in [0.25, 0.3) is 0 Å². The number of pyridine rings is 1. The fourth-order valence-corrected chi connectivity index (χ4v) is 6.36. The molecule has 0 aliphatic carbocycles. The number of aromatic amines is 1. The van der Waals surface area contributed by atoms with Crippen LogP contribution < -0.4 is 10.7 Å². The summed E-state index contributed by atoms with van der Waals surface area (Å²) in [5, 5.41) is 13.5. The number of carboxylic acid groups (broad SMARTS) is 1. The molecule has 1 saturated heterocycles. The lowest BCUT2D eigenvalue weighted by atomic mass is 9.62. The van der Waals surface area contributed by atoms with Crippen LogP contribution in [0.1, 0.15) is 81.4 Å². The third-order valence-electron chi connectivity index (χ3n) is 8.46. The van der Waals surface area contributed by atoms with Crippen LogP contribution in [0.5, 0.6) is 0 Å². The van der Waals surface area contributed by atoms with Gasteiger partial charge in [-0.2, -0.15) is 0 Å². The zero-order chi connectivity index (χ0) is 31.9. The molecule has 0 bridgehead atoms. The van der Waals surface area contributed by atoms with E-state index in [4.69, 9.17) is 9.47 Å². The van der Waals surface area contributed by atoms with E-state index >= 15 is 0 Å². The molecule has 2 aromatic carbocycles. The SMILES string of the molecule is CCC(CCCNC(=O)OCc1ccccc1)(c1c(C(=O)O)[nH]c2ccccc2c1=O)C1CCN(C(=O)OC(C)(C)C)CC1. The van der Waals surface area contributed by atoms with Gasteiger partial charge < -0.3 is 29.8 Å². The highest BCUT2D eigenvalue weighted by Gasteiger charge is 2.45. The number of benzene rings is 2. The van der Waals surface area contributed by atoms with Crippen LogP contribution in [0, 0.1) is 5.92 Å². The second kappa shape index (κ2) is 14.0. The topological polar surface area (TPSA) is 138 Å². The summed E-state index contributed by atoms with van der Waals surface area (Å²) in [5.41, 5.74) is -0.253. The van der Waals surface area contributed by atoms with Crippen molar-refractivity contribution in [1.82, 2.24) is 15.2 Å². The molecule has 0 saturated carbocycles. The summed E-state index contributed by atoms with van der Waals surface area (Å²) in [4.78, 5) is 56.7. The van der Waals surface area contributed by atoms with Crippen LogP contribution in [0.2, 0.25) is 0 Å². The van der Waals surface area contributed by atoms with E-state index < -0.39 is 23.1 Å². The highest BCUT2D eigenvalue weighted by atomic mass is 16.6. The summed E-state index contributed by atoms with van der Waals surface area (Å²) in [6.07, 6.45) is 1.68. The Labute approximate surface area is 257 Å². The zero-order valence-electron chi connectivity index (χ0n) is 26.0. The lowest BCUT2D eigenvalue weighted by Crippen LogP contribution is -2.49. The van der Waals surface area contributed by atoms with Gasteiger partial charge in [0.05, 0.1) is 0 Å². The molecule has 10 nitrogen and oxygen atoms in total. The molecule has 1 aliphatic rings. The van der Waals surface area contributed by atoms with Crippen molar-refractivity contribution in [2.75, 3.05) is 19.6 Å². The molecule has 0 spiro atoms. The molecule has 236 valence electrons. The number of carbonyl (C=O) groups excluding carboxylic acids is 2. The molecule has 4 rings (SSSR count). The summed E-state index contributed by atoms with van der Waals surface area (Å²) in [5.74, 6) is -1.29. The number of nitrogens with zero attached hydrogens (tertiary/aromatic N) is 1. The summed E-state index contributed by atoms with van der Waals surface area (Å²) in [6.45, 7) is 8.75. The van der Waals surface area contributed by atoms with Crippen molar-refractivity contribution >= 4 is 29.1 Å². The van der Waals surface area contributed by atoms with Gasteiger partial charge in [-0.15, -0.1) is 0 Å². The second-order valence-electron chi connectivity index (χ2n) is 12.4. The first kappa shape index (κ1) is 32.6. The van der Waals surface area contributed by atoms with Crippen molar-refractivity contribution in [3.8, 4) is 0 Å². The minimum absolute atomic E-state index is 0.0865. The third-order valence-corrected chi connectivity index (χ3v) is 8.46. The van der Waals surface area contributed by atoms with Gasteiger partial charge >= 0.3 is 18.2 Å². The number of ether oxygens (including phenoxy) is 2. The highest BCUT2D eigenvalue weighted by molar-refractivity contribution is 5.92. The first-order valence-electron chi connectivity index (χ1n) is 15.3. The minimum atomic E-state index is -1.20. The molecule has 1 aliphatic heterocycles. The van der Waals surface area contributed by atoms with Crippen LogP contribution in [0.25, 0.3) is 10.9 Å². The van der Waals surface area contributed by atoms with Crippen molar-refractivity contribution in [1.29, 1.82) is 0 Å². The van der Waals surface area contributed by atoms with Gasteiger partial charge in [0.2, 0.25) is 0 Å². The smallest absolute Gasteiger partial charge is 0.410 e. The van der Waals surface area contributed by atoms with Gasteiger partial charge in [0.15, 0.2) is 5.43 Å². The van der Waals surface area contributed by atoms with Crippen LogP contribution in [0.4, 0.5) is 9.59 Å². The number of H-pyrrole nitrogens is 1. The summed E-state index contributed by atoms with van der Waals surface area (Å²) < 4.78 is 10.9. The molecule has 1 aromatic heterocycles. The lowest BCUT2D eigenvalue weighted by Gasteiger charge is -2.45. The van der Waals surface area contributed by atoms with Crippen LogP contribution >= 0.6 is 0 Å². The molecule has 2 heterocycles. The molecule has 2 amide bonds. The Hall–Kier alpha value is -4.34. The summed E-state index contributed by atoms with van der Waals surface area (Å²) in [7, 11) is 0. The molecular formula is C34H43N3O7. The maximum absolute atomic E-state index is 14.1. The molecule has 44 heavy (non-hydrogen) atoms. The number of fused-ring (bicyclic) bond motifs is 1. The number of piperidine rings is 1. The van der Waals surface area contributed by atoms with Crippen molar-refractivity contribution in [2.24, 2.45) is 5.92 Å². The lowest BCUT2D eigenvalue weighted by molar-refractivity contribution is 0.0135. The molecule has 1 atom stereocenters. The number of carboxylic acids is 1. The van der Waals surface area contributed by atoms with Crippen molar-refractivity contribution in [3.63, 3.8) is 0 Å². The predicted molar refractivity (Wildman–Crippen MR) is 168 cm³/mol. The second-order valence-corrected chi connectivity index (χ2v) is 12.4. The molecule has 3 aromatic rings. The maximum atomic E-state index is 14.1. The fraction of sp³-hybridized carbons (Fsp3) is 0.471. The van der Waals surface area contributed by atoms with Crippen molar-refractivity contribution in [3.05, 3.63) is 81.6 Å². The number of alkyl carbamates (subject to hydrolysis) is 1. The van der Waals surface area contributed by atoms with E-state index in [2.05, 4.69) is 10.3 Å². The van der Waals surface area contributed by atoms with Gasteiger partial charge in [-0.1, -0.05) is 49.4 Å². The maximum Gasteiger partial charge on any atom is 0.410 e. The number of aromatic nitrogens is 1. The first-order chi connectivity index (χ1) is 20.9. The van der Waals surface area contributed by atoms with Crippen molar-refractivity contribution in [2.45, 2.75) is 77.4 Å². The number of hydrogen-bond acceptors (Lipinski definition) is 6. The summed E-state index contributed by atoms with van der Waals surface area (Å²) >= 11 is 0. The Morgan fingerprint density at radius 2 is 1.68 bits per heavy atom. The fourth-order valence-electron chi connectivity index (χ4n) is 6.36.